The van der Waals surface area contributed by atoms with Crippen LogP contribution in [0.4, 0.5) is 19.1 Å². The van der Waals surface area contributed by atoms with Crippen molar-refractivity contribution in [2.24, 2.45) is 5.92 Å². The van der Waals surface area contributed by atoms with E-state index in [9.17, 15) is 22.8 Å². The molecule has 0 radical (unpaired) electrons. The van der Waals surface area contributed by atoms with Crippen molar-refractivity contribution in [2.75, 3.05) is 18.4 Å². The van der Waals surface area contributed by atoms with Gasteiger partial charge in [-0.25, -0.2) is 23.1 Å². The first-order valence-corrected chi connectivity index (χ1v) is 8.49. The Bertz CT molecular complexity index is 887. The standard InChI is InChI=1S/C19H17F3N4O2/c1-11(20)12-2-4-13(5-3-12)18(28)26(9-14-6-16(14)22)10-17(27)25-19-23-7-15(21)8-24-19/h2-5,7-8,14,16H,1,6,9-10H2,(H,23,24,25,27)/t14-,16-/m0/s1. The molecule has 1 aromatic carbocycles. The number of carbonyl (C=O) groups is 2. The van der Waals surface area contributed by atoms with Crippen LogP contribution in [0, 0.1) is 11.7 Å². The second kappa shape index (κ2) is 8.20. The van der Waals surface area contributed by atoms with E-state index in [-0.39, 0.29) is 36.1 Å². The molecule has 146 valence electrons. The molecule has 9 heteroatoms. The fourth-order valence-corrected chi connectivity index (χ4v) is 2.59. The first kappa shape index (κ1) is 19.5. The number of nitrogens with one attached hydrogen (secondary N) is 1. The van der Waals surface area contributed by atoms with Gasteiger partial charge in [-0.05, 0) is 18.6 Å². The lowest BCUT2D eigenvalue weighted by Crippen LogP contribution is -2.39. The summed E-state index contributed by atoms with van der Waals surface area (Å²) < 4.78 is 39.3. The highest BCUT2D eigenvalue weighted by atomic mass is 19.1. The van der Waals surface area contributed by atoms with Gasteiger partial charge >= 0.3 is 0 Å². The smallest absolute Gasteiger partial charge is 0.254 e. The van der Waals surface area contributed by atoms with E-state index >= 15 is 0 Å². The van der Waals surface area contributed by atoms with Gasteiger partial charge in [0.15, 0.2) is 5.82 Å². The van der Waals surface area contributed by atoms with Gasteiger partial charge in [0, 0.05) is 23.6 Å². The van der Waals surface area contributed by atoms with Gasteiger partial charge < -0.3 is 4.90 Å². The summed E-state index contributed by atoms with van der Waals surface area (Å²) in [6.45, 7) is 2.89. The molecule has 6 nitrogen and oxygen atoms in total. The number of hydrogen-bond donors (Lipinski definition) is 1. The summed E-state index contributed by atoms with van der Waals surface area (Å²) in [4.78, 5) is 33.4. The molecule has 1 saturated carbocycles. The molecule has 3 rings (SSSR count). The minimum atomic E-state index is -1.00. The van der Waals surface area contributed by atoms with E-state index < -0.39 is 29.6 Å². The molecular formula is C19H17F3N4O2. The number of nitrogens with zero attached hydrogens (tertiary/aromatic N) is 3. The Labute approximate surface area is 159 Å². The van der Waals surface area contributed by atoms with Crippen LogP contribution in [0.5, 0.6) is 0 Å². The number of alkyl halides is 1. The topological polar surface area (TPSA) is 75.2 Å². The summed E-state index contributed by atoms with van der Waals surface area (Å²) in [6, 6.07) is 5.62. The van der Waals surface area contributed by atoms with E-state index in [0.29, 0.717) is 6.42 Å². The van der Waals surface area contributed by atoms with E-state index in [1.165, 1.54) is 29.2 Å². The van der Waals surface area contributed by atoms with Crippen LogP contribution >= 0.6 is 0 Å². The molecule has 0 unspecified atom stereocenters. The average Bonchev–Trinajstić information content (AvgIpc) is 3.37. The van der Waals surface area contributed by atoms with Gasteiger partial charge in [-0.3, -0.25) is 14.9 Å². The SMILES string of the molecule is C=C(F)c1ccc(C(=O)N(CC(=O)Nc2ncc(F)cn2)C[C@@H]2C[C@@H]2F)cc1. The van der Waals surface area contributed by atoms with Crippen LogP contribution in [-0.2, 0) is 4.79 Å². The van der Waals surface area contributed by atoms with Crippen molar-refractivity contribution in [3.8, 4) is 0 Å². The predicted molar refractivity (Wildman–Crippen MR) is 96.1 cm³/mol. The molecule has 0 spiro atoms. The van der Waals surface area contributed by atoms with Crippen molar-refractivity contribution in [2.45, 2.75) is 12.6 Å². The maximum atomic E-state index is 13.3. The highest BCUT2D eigenvalue weighted by Crippen LogP contribution is 2.34. The molecule has 1 N–H and O–H groups in total. The van der Waals surface area contributed by atoms with Crippen LogP contribution in [0.2, 0.25) is 0 Å². The van der Waals surface area contributed by atoms with Crippen molar-refractivity contribution in [1.82, 2.24) is 14.9 Å². The van der Waals surface area contributed by atoms with Crippen LogP contribution < -0.4 is 5.32 Å². The van der Waals surface area contributed by atoms with Crippen molar-refractivity contribution in [3.05, 3.63) is 60.2 Å². The minimum Gasteiger partial charge on any atom is -0.329 e. The van der Waals surface area contributed by atoms with Crippen LogP contribution in [-0.4, -0.2) is 45.9 Å². The molecule has 1 fully saturated rings. The van der Waals surface area contributed by atoms with E-state index in [4.69, 9.17) is 0 Å². The third-order valence-corrected chi connectivity index (χ3v) is 4.23. The summed E-state index contributed by atoms with van der Waals surface area (Å²) in [6.07, 6.45) is 1.11. The normalized spacial score (nSPS) is 17.7. The van der Waals surface area contributed by atoms with Gasteiger partial charge in [0.05, 0.1) is 12.4 Å². The minimum absolute atomic E-state index is 0.0647. The lowest BCUT2D eigenvalue weighted by Gasteiger charge is -2.22. The molecule has 1 aromatic heterocycles. The summed E-state index contributed by atoms with van der Waals surface area (Å²) in [5.74, 6) is -2.83. The largest absolute Gasteiger partial charge is 0.329 e. The summed E-state index contributed by atoms with van der Waals surface area (Å²) in [7, 11) is 0. The maximum Gasteiger partial charge on any atom is 0.254 e. The van der Waals surface area contributed by atoms with E-state index in [1.54, 1.807) is 0 Å². The molecule has 1 heterocycles. The fraction of sp³-hybridized carbons (Fsp3) is 0.263. The molecular weight excluding hydrogens is 373 g/mol. The molecule has 0 saturated heterocycles. The Morgan fingerprint density at radius 1 is 1.18 bits per heavy atom. The number of benzene rings is 1. The first-order chi connectivity index (χ1) is 13.3. The van der Waals surface area contributed by atoms with Crippen LogP contribution in [0.15, 0.2) is 43.2 Å². The monoisotopic (exact) mass is 390 g/mol. The van der Waals surface area contributed by atoms with Crippen LogP contribution in [0.1, 0.15) is 22.3 Å². The highest BCUT2D eigenvalue weighted by Gasteiger charge is 2.40. The van der Waals surface area contributed by atoms with Crippen molar-refractivity contribution in [1.29, 1.82) is 0 Å². The number of hydrogen-bond acceptors (Lipinski definition) is 4. The Kier molecular flexibility index (Phi) is 5.72. The lowest BCUT2D eigenvalue weighted by molar-refractivity contribution is -0.117. The van der Waals surface area contributed by atoms with E-state index in [2.05, 4.69) is 21.9 Å². The van der Waals surface area contributed by atoms with Gasteiger partial charge in [-0.2, -0.15) is 0 Å². The number of rotatable bonds is 7. The quantitative estimate of drug-likeness (QED) is 0.789. The van der Waals surface area contributed by atoms with E-state index in [0.717, 1.165) is 12.4 Å². The van der Waals surface area contributed by atoms with Gasteiger partial charge in [-0.15, -0.1) is 0 Å². The number of anilines is 1. The van der Waals surface area contributed by atoms with Crippen molar-refractivity contribution < 1.29 is 22.8 Å². The average molecular weight is 390 g/mol. The van der Waals surface area contributed by atoms with Crippen molar-refractivity contribution in [3.63, 3.8) is 0 Å². The Morgan fingerprint density at radius 3 is 2.29 bits per heavy atom. The predicted octanol–water partition coefficient (Wildman–Crippen LogP) is 2.99. The maximum absolute atomic E-state index is 13.3. The molecule has 1 aliphatic rings. The third-order valence-electron chi connectivity index (χ3n) is 4.23. The lowest BCUT2D eigenvalue weighted by atomic mass is 10.1. The van der Waals surface area contributed by atoms with Gasteiger partial charge in [0.1, 0.15) is 18.5 Å². The van der Waals surface area contributed by atoms with Gasteiger partial charge in [0.2, 0.25) is 11.9 Å². The highest BCUT2D eigenvalue weighted by molar-refractivity contribution is 5.99. The first-order valence-electron chi connectivity index (χ1n) is 8.49. The molecule has 1 aliphatic carbocycles. The molecule has 0 bridgehead atoms. The summed E-state index contributed by atoms with van der Waals surface area (Å²) in [5.41, 5.74) is 0.465. The molecule has 2 amide bonds. The third kappa shape index (κ3) is 4.93. The molecule has 2 aromatic rings. The Hall–Kier alpha value is -3.23. The zero-order valence-electron chi connectivity index (χ0n) is 14.7. The van der Waals surface area contributed by atoms with Gasteiger partial charge in [0.25, 0.3) is 5.91 Å². The van der Waals surface area contributed by atoms with E-state index in [1.807, 2.05) is 0 Å². The summed E-state index contributed by atoms with van der Waals surface area (Å²) >= 11 is 0. The zero-order chi connectivity index (χ0) is 20.3. The van der Waals surface area contributed by atoms with Crippen LogP contribution in [0.3, 0.4) is 0 Å². The number of halogens is 3. The Balaban J connectivity index is 1.70. The Morgan fingerprint density at radius 2 is 1.75 bits per heavy atom. The zero-order valence-corrected chi connectivity index (χ0v) is 14.7. The fourth-order valence-electron chi connectivity index (χ4n) is 2.59. The summed E-state index contributed by atoms with van der Waals surface area (Å²) in [5, 5.41) is 2.36. The second-order valence-electron chi connectivity index (χ2n) is 6.45. The molecule has 2 atom stereocenters. The second-order valence-corrected chi connectivity index (χ2v) is 6.45. The number of aromatic nitrogens is 2. The van der Waals surface area contributed by atoms with Crippen molar-refractivity contribution >= 4 is 23.6 Å². The molecule has 28 heavy (non-hydrogen) atoms. The van der Waals surface area contributed by atoms with Crippen LogP contribution in [0.25, 0.3) is 5.83 Å². The molecule has 0 aliphatic heterocycles. The number of amides is 2. The van der Waals surface area contributed by atoms with Gasteiger partial charge in [-0.1, -0.05) is 18.7 Å². The number of carbonyl (C=O) groups excluding carboxylic acids is 2.